The van der Waals surface area contributed by atoms with E-state index in [2.05, 4.69) is 97.0 Å². The topological polar surface area (TPSA) is 0 Å². The van der Waals surface area contributed by atoms with E-state index in [0.717, 1.165) is 17.8 Å². The van der Waals surface area contributed by atoms with Gasteiger partial charge < -0.3 is 0 Å². The van der Waals surface area contributed by atoms with Crippen molar-refractivity contribution in [1.82, 2.24) is 0 Å². The summed E-state index contributed by atoms with van der Waals surface area (Å²) in [4.78, 5) is 0. The average molecular weight is 451 g/mol. The standard InChI is InChI=1S/C15H22.C14H20.2C2H6/c1-11(2)15(12(3)4)10-9-13-7-5-6-8-14(13)15;1-11(2)14(3)10-6-8-12-7-4-5-9-13(12)14;2*1-2/h5-8,11-12H,9-10H2,1-4H3;4-5,7,9,11H,6,8,10H2,1-3H3;2*1-2H3. The fourth-order valence-corrected chi connectivity index (χ4v) is 6.21. The lowest BCUT2D eigenvalue weighted by Gasteiger charge is -2.39. The van der Waals surface area contributed by atoms with Crippen molar-refractivity contribution >= 4 is 0 Å². The first-order valence-corrected chi connectivity index (χ1v) is 13.9. The molecule has 0 radical (unpaired) electrons. The highest BCUT2D eigenvalue weighted by Gasteiger charge is 2.43. The summed E-state index contributed by atoms with van der Waals surface area (Å²) in [5.74, 6) is 2.21. The molecule has 0 heterocycles. The number of hydrogen-bond donors (Lipinski definition) is 0. The summed E-state index contributed by atoms with van der Waals surface area (Å²) < 4.78 is 0. The fourth-order valence-electron chi connectivity index (χ4n) is 6.21. The Bertz CT molecular complexity index is 802. The lowest BCUT2D eigenvalue weighted by Crippen LogP contribution is -2.35. The number of fused-ring (bicyclic) bond motifs is 2. The van der Waals surface area contributed by atoms with Crippen LogP contribution < -0.4 is 0 Å². The van der Waals surface area contributed by atoms with Crippen molar-refractivity contribution in [2.75, 3.05) is 0 Å². The minimum atomic E-state index is 0.412. The molecule has 0 heteroatoms. The van der Waals surface area contributed by atoms with E-state index < -0.39 is 0 Å². The van der Waals surface area contributed by atoms with Crippen LogP contribution in [0.25, 0.3) is 0 Å². The molecule has 0 N–H and O–H groups in total. The molecule has 0 aliphatic heterocycles. The summed E-state index contributed by atoms with van der Waals surface area (Å²) in [7, 11) is 0. The Balaban J connectivity index is 0.000000288. The Labute approximate surface area is 207 Å². The summed E-state index contributed by atoms with van der Waals surface area (Å²) in [6.07, 6.45) is 6.58. The first-order valence-electron chi connectivity index (χ1n) is 13.9. The van der Waals surface area contributed by atoms with Gasteiger partial charge in [0.1, 0.15) is 0 Å². The number of aryl methyl sites for hydroxylation is 2. The largest absolute Gasteiger partial charge is 0.0683 e. The highest BCUT2D eigenvalue weighted by atomic mass is 14.5. The Morgan fingerprint density at radius 3 is 1.52 bits per heavy atom. The summed E-state index contributed by atoms with van der Waals surface area (Å²) in [5, 5.41) is 0. The second-order valence-corrected chi connectivity index (χ2v) is 10.6. The van der Waals surface area contributed by atoms with Crippen LogP contribution in [-0.4, -0.2) is 0 Å². The molecule has 0 nitrogen and oxygen atoms in total. The molecule has 33 heavy (non-hydrogen) atoms. The van der Waals surface area contributed by atoms with E-state index in [1.54, 1.807) is 22.3 Å². The van der Waals surface area contributed by atoms with Gasteiger partial charge in [-0.25, -0.2) is 0 Å². The number of hydrogen-bond acceptors (Lipinski definition) is 0. The van der Waals surface area contributed by atoms with E-state index in [1.807, 2.05) is 27.7 Å². The van der Waals surface area contributed by atoms with Crippen LogP contribution in [0.5, 0.6) is 0 Å². The van der Waals surface area contributed by atoms with Crippen LogP contribution in [0.4, 0.5) is 0 Å². The molecule has 0 spiro atoms. The third kappa shape index (κ3) is 6.12. The van der Waals surface area contributed by atoms with E-state index in [1.165, 1.54) is 32.1 Å². The van der Waals surface area contributed by atoms with Gasteiger partial charge in [-0.2, -0.15) is 0 Å². The third-order valence-corrected chi connectivity index (χ3v) is 8.44. The molecule has 0 saturated carbocycles. The fraction of sp³-hybridized carbons (Fsp3) is 0.636. The highest BCUT2D eigenvalue weighted by Crippen LogP contribution is 2.49. The van der Waals surface area contributed by atoms with Crippen LogP contribution in [0.15, 0.2) is 48.5 Å². The molecular formula is C33H54. The predicted octanol–water partition coefficient (Wildman–Crippen LogP) is 10.2. The molecular weight excluding hydrogens is 396 g/mol. The van der Waals surface area contributed by atoms with Crippen LogP contribution in [0.1, 0.15) is 118 Å². The van der Waals surface area contributed by atoms with Crippen molar-refractivity contribution in [3.8, 4) is 0 Å². The first kappa shape index (κ1) is 29.5. The molecule has 0 fully saturated rings. The molecule has 0 aromatic heterocycles. The molecule has 0 bridgehead atoms. The van der Waals surface area contributed by atoms with Gasteiger partial charge in [-0.1, -0.05) is 125 Å². The van der Waals surface area contributed by atoms with E-state index in [9.17, 15) is 0 Å². The van der Waals surface area contributed by atoms with E-state index in [0.29, 0.717) is 10.8 Å². The van der Waals surface area contributed by atoms with Gasteiger partial charge in [0.25, 0.3) is 0 Å². The van der Waals surface area contributed by atoms with E-state index in [4.69, 9.17) is 0 Å². The van der Waals surface area contributed by atoms with Crippen LogP contribution in [0, 0.1) is 17.8 Å². The monoisotopic (exact) mass is 450 g/mol. The molecule has 1 unspecified atom stereocenters. The van der Waals surface area contributed by atoms with Crippen molar-refractivity contribution in [3.05, 3.63) is 70.8 Å². The van der Waals surface area contributed by atoms with Crippen LogP contribution in [0.2, 0.25) is 0 Å². The van der Waals surface area contributed by atoms with E-state index in [-0.39, 0.29) is 0 Å². The summed E-state index contributed by atoms with van der Waals surface area (Å²) in [6.45, 7) is 24.6. The summed E-state index contributed by atoms with van der Waals surface area (Å²) in [5.41, 5.74) is 7.22. The molecule has 4 rings (SSSR count). The second kappa shape index (κ2) is 13.4. The molecule has 186 valence electrons. The van der Waals surface area contributed by atoms with Crippen LogP contribution in [0.3, 0.4) is 0 Å². The van der Waals surface area contributed by atoms with Crippen molar-refractivity contribution in [2.45, 2.75) is 119 Å². The maximum Gasteiger partial charge on any atom is 0.000483 e. The first-order chi connectivity index (χ1) is 15.7. The van der Waals surface area contributed by atoms with Crippen molar-refractivity contribution in [2.24, 2.45) is 17.8 Å². The van der Waals surface area contributed by atoms with E-state index >= 15 is 0 Å². The zero-order valence-electron chi connectivity index (χ0n) is 23.9. The Morgan fingerprint density at radius 1 is 0.576 bits per heavy atom. The third-order valence-electron chi connectivity index (χ3n) is 8.44. The van der Waals surface area contributed by atoms with Gasteiger partial charge in [-0.3, -0.25) is 0 Å². The Hall–Kier alpha value is -1.56. The number of benzene rings is 2. The lowest BCUT2D eigenvalue weighted by atomic mass is 9.65. The minimum absolute atomic E-state index is 0.412. The predicted molar refractivity (Wildman–Crippen MR) is 150 cm³/mol. The van der Waals surface area contributed by atoms with Crippen molar-refractivity contribution < 1.29 is 0 Å². The van der Waals surface area contributed by atoms with Gasteiger partial charge in [-0.05, 0) is 77.5 Å². The summed E-state index contributed by atoms with van der Waals surface area (Å²) in [6, 6.07) is 18.0. The zero-order chi connectivity index (χ0) is 25.2. The van der Waals surface area contributed by atoms with Crippen molar-refractivity contribution in [3.63, 3.8) is 0 Å². The number of rotatable bonds is 3. The molecule has 1 atom stereocenters. The molecule has 2 aliphatic carbocycles. The minimum Gasteiger partial charge on any atom is -0.0683 e. The SMILES string of the molecule is CC.CC.CC(C)C1(C(C)C)CCc2ccccc21.CC(C)C1(C)CCCc2ccccc21. The quantitative estimate of drug-likeness (QED) is 0.436. The molecule has 2 aliphatic rings. The van der Waals surface area contributed by atoms with Crippen LogP contribution >= 0.6 is 0 Å². The van der Waals surface area contributed by atoms with Gasteiger partial charge >= 0.3 is 0 Å². The molecule has 0 saturated heterocycles. The van der Waals surface area contributed by atoms with Gasteiger partial charge in [0, 0.05) is 5.41 Å². The maximum absolute atomic E-state index is 2.43. The zero-order valence-corrected chi connectivity index (χ0v) is 23.9. The van der Waals surface area contributed by atoms with Gasteiger partial charge in [0.15, 0.2) is 0 Å². The lowest BCUT2D eigenvalue weighted by molar-refractivity contribution is 0.218. The van der Waals surface area contributed by atoms with Gasteiger partial charge in [-0.15, -0.1) is 0 Å². The molecule has 2 aromatic carbocycles. The summed E-state index contributed by atoms with van der Waals surface area (Å²) >= 11 is 0. The molecule has 0 amide bonds. The normalized spacial score (nSPS) is 19.9. The molecule has 2 aromatic rings. The van der Waals surface area contributed by atoms with Crippen molar-refractivity contribution in [1.29, 1.82) is 0 Å². The second-order valence-electron chi connectivity index (χ2n) is 10.6. The van der Waals surface area contributed by atoms with Crippen LogP contribution in [-0.2, 0) is 23.7 Å². The smallest absolute Gasteiger partial charge is 0.000483 e. The van der Waals surface area contributed by atoms with Gasteiger partial charge in [0.05, 0.1) is 0 Å². The van der Waals surface area contributed by atoms with Gasteiger partial charge in [0.2, 0.25) is 0 Å². The maximum atomic E-state index is 2.43. The average Bonchev–Trinajstić information content (AvgIpc) is 3.24. The Kier molecular flexibility index (Phi) is 11.9. The Morgan fingerprint density at radius 2 is 1.03 bits per heavy atom. The highest BCUT2D eigenvalue weighted by molar-refractivity contribution is 5.40.